The van der Waals surface area contributed by atoms with E-state index >= 15 is 0 Å². The van der Waals surface area contributed by atoms with Gasteiger partial charge in [0.05, 0.1) is 0 Å². The molecule has 4 fully saturated rings. The zero-order valence-corrected chi connectivity index (χ0v) is 19.3. The van der Waals surface area contributed by atoms with Crippen molar-refractivity contribution in [3.8, 4) is 0 Å². The summed E-state index contributed by atoms with van der Waals surface area (Å²) in [7, 11) is 0. The van der Waals surface area contributed by atoms with Crippen LogP contribution in [-0.4, -0.2) is 5.38 Å². The predicted molar refractivity (Wildman–Crippen MR) is 118 cm³/mol. The first kappa shape index (κ1) is 20.6. The van der Waals surface area contributed by atoms with E-state index in [1.807, 2.05) is 0 Å². The van der Waals surface area contributed by atoms with Crippen LogP contribution in [0.2, 0.25) is 0 Å². The molecule has 9 atom stereocenters. The molecule has 4 aliphatic rings. The molecule has 5 unspecified atom stereocenters. The summed E-state index contributed by atoms with van der Waals surface area (Å²) in [6, 6.07) is 0. The lowest BCUT2D eigenvalue weighted by Crippen LogP contribution is -2.49. The van der Waals surface area contributed by atoms with E-state index in [2.05, 4.69) is 27.7 Å². The molecule has 1 heteroatoms. The van der Waals surface area contributed by atoms with Gasteiger partial charge in [-0.05, 0) is 111 Å². The molecular formula is C26H45Cl. The lowest BCUT2D eigenvalue weighted by atomic mass is 9.49. The molecule has 0 bridgehead atoms. The molecule has 156 valence electrons. The summed E-state index contributed by atoms with van der Waals surface area (Å²) in [6.45, 7) is 10.1. The normalized spacial score (nSPS) is 48.0. The van der Waals surface area contributed by atoms with Crippen LogP contribution in [0.5, 0.6) is 0 Å². The van der Waals surface area contributed by atoms with Gasteiger partial charge < -0.3 is 0 Å². The maximum Gasteiger partial charge on any atom is 0.0338 e. The van der Waals surface area contributed by atoms with E-state index in [9.17, 15) is 0 Å². The van der Waals surface area contributed by atoms with Gasteiger partial charge >= 0.3 is 0 Å². The molecule has 4 rings (SSSR count). The lowest BCUT2D eigenvalue weighted by Gasteiger charge is -2.56. The van der Waals surface area contributed by atoms with Crippen LogP contribution in [0.4, 0.5) is 0 Å². The Morgan fingerprint density at radius 1 is 0.852 bits per heavy atom. The van der Waals surface area contributed by atoms with Gasteiger partial charge in [0.1, 0.15) is 0 Å². The Morgan fingerprint density at radius 3 is 2.41 bits per heavy atom. The zero-order chi connectivity index (χ0) is 19.2. The minimum atomic E-state index is 0.485. The molecular weight excluding hydrogens is 348 g/mol. The monoisotopic (exact) mass is 392 g/mol. The first-order chi connectivity index (χ1) is 12.9. The molecule has 0 amide bonds. The molecule has 0 heterocycles. The van der Waals surface area contributed by atoms with Crippen molar-refractivity contribution in [3.63, 3.8) is 0 Å². The van der Waals surface area contributed by atoms with Crippen LogP contribution in [0.15, 0.2) is 0 Å². The van der Waals surface area contributed by atoms with Gasteiger partial charge in [-0.25, -0.2) is 0 Å². The molecule has 0 aromatic heterocycles. The fraction of sp³-hybridized carbons (Fsp3) is 1.00. The molecule has 0 spiro atoms. The van der Waals surface area contributed by atoms with Gasteiger partial charge in [0.25, 0.3) is 0 Å². The molecule has 0 aromatic rings. The summed E-state index contributed by atoms with van der Waals surface area (Å²) >= 11 is 6.54. The highest BCUT2D eigenvalue weighted by molar-refractivity contribution is 6.20. The Morgan fingerprint density at radius 2 is 1.63 bits per heavy atom. The highest BCUT2D eigenvalue weighted by Crippen LogP contribution is 2.65. The quantitative estimate of drug-likeness (QED) is 0.412. The SMILES string of the molecule is CC(C)CCC[C@H](C)[C@H]1CCC2C3CCC4C[C@@H](Cl)CCC4C3CC[C@@]21C. The number of rotatable bonds is 5. The maximum atomic E-state index is 6.54. The van der Waals surface area contributed by atoms with Crippen molar-refractivity contribution in [3.05, 3.63) is 0 Å². The summed E-state index contributed by atoms with van der Waals surface area (Å²) < 4.78 is 0. The summed E-state index contributed by atoms with van der Waals surface area (Å²) in [5, 5.41) is 0.485. The average molecular weight is 393 g/mol. The number of halogens is 1. The van der Waals surface area contributed by atoms with E-state index in [0.717, 1.165) is 47.3 Å². The number of alkyl halides is 1. The van der Waals surface area contributed by atoms with Crippen LogP contribution in [0.3, 0.4) is 0 Å². The molecule has 27 heavy (non-hydrogen) atoms. The van der Waals surface area contributed by atoms with E-state index in [-0.39, 0.29) is 0 Å². The molecule has 0 aliphatic heterocycles. The van der Waals surface area contributed by atoms with Crippen molar-refractivity contribution >= 4 is 11.6 Å². The highest BCUT2D eigenvalue weighted by Gasteiger charge is 2.57. The fourth-order valence-electron chi connectivity index (χ4n) is 8.82. The first-order valence-electron chi connectivity index (χ1n) is 12.5. The van der Waals surface area contributed by atoms with Crippen LogP contribution in [0.1, 0.15) is 105 Å². The number of hydrogen-bond donors (Lipinski definition) is 0. The lowest BCUT2D eigenvalue weighted by molar-refractivity contribution is -0.0684. The standard InChI is InChI=1S/C26H45Cl/c1-17(2)6-5-7-18(3)24-12-13-25-23-10-8-19-16-20(27)9-11-21(19)22(23)14-15-26(24,25)4/h17-25H,5-16H2,1-4H3/t18-,19?,20-,21?,22?,23?,24+,25?,26+/m0/s1. The van der Waals surface area contributed by atoms with Crippen LogP contribution in [0.25, 0.3) is 0 Å². The van der Waals surface area contributed by atoms with E-state index in [1.54, 1.807) is 12.8 Å². The van der Waals surface area contributed by atoms with Crippen LogP contribution < -0.4 is 0 Å². The second-order valence-corrected chi connectivity index (χ2v) is 12.5. The predicted octanol–water partition coefficient (Wildman–Crippen LogP) is 8.33. The topological polar surface area (TPSA) is 0 Å². The molecule has 0 radical (unpaired) electrons. The molecule has 4 saturated carbocycles. The van der Waals surface area contributed by atoms with E-state index < -0.39 is 0 Å². The molecule has 0 aromatic carbocycles. The summed E-state index contributed by atoms with van der Waals surface area (Å²) in [4.78, 5) is 0. The zero-order valence-electron chi connectivity index (χ0n) is 18.6. The van der Waals surface area contributed by atoms with Gasteiger partial charge in [-0.3, -0.25) is 0 Å². The third-order valence-electron chi connectivity index (χ3n) is 10.1. The fourth-order valence-corrected chi connectivity index (χ4v) is 9.18. The van der Waals surface area contributed by atoms with Gasteiger partial charge in [-0.15, -0.1) is 11.6 Å². The van der Waals surface area contributed by atoms with Crippen LogP contribution in [0, 0.1) is 52.8 Å². The summed E-state index contributed by atoms with van der Waals surface area (Å²) in [6.07, 6.45) is 17.6. The molecule has 0 N–H and O–H groups in total. The van der Waals surface area contributed by atoms with Gasteiger partial charge in [0.15, 0.2) is 0 Å². The van der Waals surface area contributed by atoms with E-state index in [1.165, 1.54) is 64.2 Å². The second kappa shape index (κ2) is 8.20. The number of fused-ring (bicyclic) bond motifs is 5. The summed E-state index contributed by atoms with van der Waals surface area (Å²) in [5.41, 5.74) is 0.662. The van der Waals surface area contributed by atoms with Gasteiger partial charge in [-0.2, -0.15) is 0 Å². The summed E-state index contributed by atoms with van der Waals surface area (Å²) in [5.74, 6) is 7.99. The third kappa shape index (κ3) is 3.87. The largest absolute Gasteiger partial charge is 0.123 e. The van der Waals surface area contributed by atoms with Crippen molar-refractivity contribution in [2.45, 2.75) is 110 Å². The minimum Gasteiger partial charge on any atom is -0.123 e. The first-order valence-corrected chi connectivity index (χ1v) is 13.0. The van der Waals surface area contributed by atoms with Gasteiger partial charge in [0.2, 0.25) is 0 Å². The smallest absolute Gasteiger partial charge is 0.0338 e. The Hall–Kier alpha value is 0.290. The highest BCUT2D eigenvalue weighted by atomic mass is 35.5. The Balaban J connectivity index is 1.42. The third-order valence-corrected chi connectivity index (χ3v) is 10.5. The minimum absolute atomic E-state index is 0.485. The molecule has 4 aliphatic carbocycles. The van der Waals surface area contributed by atoms with Crippen molar-refractivity contribution in [1.29, 1.82) is 0 Å². The van der Waals surface area contributed by atoms with Gasteiger partial charge in [0, 0.05) is 5.38 Å². The van der Waals surface area contributed by atoms with Crippen molar-refractivity contribution in [1.82, 2.24) is 0 Å². The van der Waals surface area contributed by atoms with Crippen LogP contribution in [-0.2, 0) is 0 Å². The molecule has 0 nitrogen and oxygen atoms in total. The molecule has 0 saturated heterocycles. The Bertz CT molecular complexity index is 498. The maximum absolute atomic E-state index is 6.54. The van der Waals surface area contributed by atoms with E-state index in [0.29, 0.717) is 10.8 Å². The Labute approximate surface area is 174 Å². The van der Waals surface area contributed by atoms with Crippen molar-refractivity contribution in [2.75, 3.05) is 0 Å². The Kier molecular flexibility index (Phi) is 6.24. The van der Waals surface area contributed by atoms with Crippen molar-refractivity contribution < 1.29 is 0 Å². The van der Waals surface area contributed by atoms with Gasteiger partial charge in [-0.1, -0.05) is 47.0 Å². The van der Waals surface area contributed by atoms with Crippen molar-refractivity contribution in [2.24, 2.45) is 52.8 Å². The van der Waals surface area contributed by atoms with E-state index in [4.69, 9.17) is 11.6 Å². The second-order valence-electron chi connectivity index (χ2n) is 11.9. The number of hydrogen-bond acceptors (Lipinski definition) is 0. The van der Waals surface area contributed by atoms with Crippen LogP contribution >= 0.6 is 11.6 Å². The average Bonchev–Trinajstić information content (AvgIpc) is 2.98.